The molecule has 0 spiro atoms. The number of β-amino-alcohol motifs (C(OH)–C–C–N with tert-alkyl or cyclic N) is 1. The largest absolute Gasteiger partial charge is 0.392 e. The summed E-state index contributed by atoms with van der Waals surface area (Å²) in [7, 11) is 0. The lowest BCUT2D eigenvalue weighted by molar-refractivity contribution is 0.174. The molecule has 2 heterocycles. The minimum atomic E-state index is -0.141. The van der Waals surface area contributed by atoms with Crippen molar-refractivity contribution in [2.24, 2.45) is 0 Å². The average Bonchev–Trinajstić information content (AvgIpc) is 2.76. The topological polar surface area (TPSA) is 41.3 Å². The van der Waals surface area contributed by atoms with Gasteiger partial charge in [0.2, 0.25) is 0 Å². The van der Waals surface area contributed by atoms with Gasteiger partial charge in [0.05, 0.1) is 11.8 Å². The van der Waals surface area contributed by atoms with Crippen LogP contribution in [-0.4, -0.2) is 39.0 Å². The van der Waals surface area contributed by atoms with Gasteiger partial charge in [-0.2, -0.15) is 5.10 Å². The van der Waals surface area contributed by atoms with E-state index in [1.807, 2.05) is 10.9 Å². The van der Waals surface area contributed by atoms with Crippen molar-refractivity contribution in [3.63, 3.8) is 0 Å². The minimum absolute atomic E-state index is 0.141. The summed E-state index contributed by atoms with van der Waals surface area (Å²) < 4.78 is 1.97. The van der Waals surface area contributed by atoms with E-state index in [1.165, 1.54) is 0 Å². The molecule has 0 amide bonds. The normalized spacial score (nSPS) is 22.8. The standard InChI is InChI=1S/C11H19N3O/c1-9(2)14-6-3-10(12-14)7-13-5-4-11(15)8-13/h3,6,9,11,15H,4-5,7-8H2,1-2H3/t11-/m1/s1. The number of hydrogen-bond donors (Lipinski definition) is 1. The third kappa shape index (κ3) is 2.58. The lowest BCUT2D eigenvalue weighted by Crippen LogP contribution is -2.21. The van der Waals surface area contributed by atoms with Crippen LogP contribution in [0.2, 0.25) is 0 Å². The predicted molar refractivity (Wildman–Crippen MR) is 58.5 cm³/mol. The Morgan fingerprint density at radius 1 is 1.60 bits per heavy atom. The number of nitrogens with zero attached hydrogens (tertiary/aromatic N) is 3. The molecule has 0 bridgehead atoms. The highest BCUT2D eigenvalue weighted by Crippen LogP contribution is 2.13. The fraction of sp³-hybridized carbons (Fsp3) is 0.727. The molecule has 1 aliphatic rings. The van der Waals surface area contributed by atoms with Gasteiger partial charge in [-0.15, -0.1) is 0 Å². The first kappa shape index (κ1) is 10.6. The van der Waals surface area contributed by atoms with Gasteiger partial charge in [0, 0.05) is 31.9 Å². The van der Waals surface area contributed by atoms with E-state index < -0.39 is 0 Å². The number of rotatable bonds is 3. The van der Waals surface area contributed by atoms with Crippen molar-refractivity contribution < 1.29 is 5.11 Å². The lowest BCUT2D eigenvalue weighted by Gasteiger charge is -2.12. The molecule has 4 heteroatoms. The van der Waals surface area contributed by atoms with Crippen molar-refractivity contribution in [1.29, 1.82) is 0 Å². The van der Waals surface area contributed by atoms with Crippen molar-refractivity contribution >= 4 is 0 Å². The molecule has 1 aliphatic heterocycles. The molecule has 1 aromatic heterocycles. The molecule has 84 valence electrons. The van der Waals surface area contributed by atoms with Crippen molar-refractivity contribution in [2.45, 2.75) is 39.0 Å². The summed E-state index contributed by atoms with van der Waals surface area (Å²) in [4.78, 5) is 2.25. The van der Waals surface area contributed by atoms with Crippen LogP contribution < -0.4 is 0 Å². The van der Waals surface area contributed by atoms with Gasteiger partial charge >= 0.3 is 0 Å². The van der Waals surface area contributed by atoms with Gasteiger partial charge in [-0.3, -0.25) is 9.58 Å². The maximum absolute atomic E-state index is 9.40. The molecule has 1 atom stereocenters. The van der Waals surface area contributed by atoms with E-state index in [-0.39, 0.29) is 6.10 Å². The molecule has 4 nitrogen and oxygen atoms in total. The van der Waals surface area contributed by atoms with Gasteiger partial charge < -0.3 is 5.11 Å². The Morgan fingerprint density at radius 3 is 2.93 bits per heavy atom. The Morgan fingerprint density at radius 2 is 2.40 bits per heavy atom. The molecule has 1 fully saturated rings. The van der Waals surface area contributed by atoms with Crippen LogP contribution >= 0.6 is 0 Å². The van der Waals surface area contributed by atoms with Crippen molar-refractivity contribution in [1.82, 2.24) is 14.7 Å². The Bertz CT molecular complexity index is 321. The number of aliphatic hydroxyl groups excluding tert-OH is 1. The zero-order valence-corrected chi connectivity index (χ0v) is 9.43. The molecule has 15 heavy (non-hydrogen) atoms. The maximum Gasteiger partial charge on any atom is 0.0764 e. The molecule has 0 radical (unpaired) electrons. The highest BCUT2D eigenvalue weighted by Gasteiger charge is 2.20. The Kier molecular flexibility index (Phi) is 3.07. The molecule has 0 aliphatic carbocycles. The molecule has 1 aromatic rings. The van der Waals surface area contributed by atoms with Gasteiger partial charge in [0.1, 0.15) is 0 Å². The minimum Gasteiger partial charge on any atom is -0.392 e. The van der Waals surface area contributed by atoms with Gasteiger partial charge in [-0.05, 0) is 26.3 Å². The first-order chi connectivity index (χ1) is 7.15. The number of hydrogen-bond acceptors (Lipinski definition) is 3. The maximum atomic E-state index is 9.40. The predicted octanol–water partition coefficient (Wildman–Crippen LogP) is 1.03. The summed E-state index contributed by atoms with van der Waals surface area (Å²) in [6, 6.07) is 2.48. The van der Waals surface area contributed by atoms with Crippen LogP contribution in [-0.2, 0) is 6.54 Å². The second-order valence-corrected chi connectivity index (χ2v) is 4.56. The van der Waals surface area contributed by atoms with E-state index >= 15 is 0 Å². The van der Waals surface area contributed by atoms with Gasteiger partial charge in [-0.25, -0.2) is 0 Å². The summed E-state index contributed by atoms with van der Waals surface area (Å²) in [5.41, 5.74) is 1.10. The first-order valence-corrected chi connectivity index (χ1v) is 5.59. The van der Waals surface area contributed by atoms with Crippen molar-refractivity contribution in [3.8, 4) is 0 Å². The summed E-state index contributed by atoms with van der Waals surface area (Å²) in [6.45, 7) is 6.87. The monoisotopic (exact) mass is 209 g/mol. The highest BCUT2D eigenvalue weighted by molar-refractivity contribution is 5.00. The second kappa shape index (κ2) is 4.33. The number of aromatic nitrogens is 2. The van der Waals surface area contributed by atoms with E-state index in [0.717, 1.165) is 31.7 Å². The quantitative estimate of drug-likeness (QED) is 0.808. The smallest absolute Gasteiger partial charge is 0.0764 e. The highest BCUT2D eigenvalue weighted by atomic mass is 16.3. The molecule has 0 saturated carbocycles. The van der Waals surface area contributed by atoms with E-state index in [1.54, 1.807) is 0 Å². The number of likely N-dealkylation sites (tertiary alicyclic amines) is 1. The van der Waals surface area contributed by atoms with E-state index in [0.29, 0.717) is 6.04 Å². The lowest BCUT2D eigenvalue weighted by atomic mass is 10.3. The second-order valence-electron chi connectivity index (χ2n) is 4.56. The molecular formula is C11H19N3O. The van der Waals surface area contributed by atoms with E-state index in [2.05, 4.69) is 29.9 Å². The third-order valence-corrected chi connectivity index (χ3v) is 2.83. The third-order valence-electron chi connectivity index (χ3n) is 2.83. The van der Waals surface area contributed by atoms with E-state index in [4.69, 9.17) is 0 Å². The Hall–Kier alpha value is -0.870. The summed E-state index contributed by atoms with van der Waals surface area (Å²) in [5.74, 6) is 0. The first-order valence-electron chi connectivity index (χ1n) is 5.59. The zero-order valence-electron chi connectivity index (χ0n) is 9.43. The van der Waals surface area contributed by atoms with Crippen LogP contribution in [0.15, 0.2) is 12.3 Å². The average molecular weight is 209 g/mol. The molecule has 1 N–H and O–H groups in total. The Balaban J connectivity index is 1.93. The zero-order chi connectivity index (χ0) is 10.8. The fourth-order valence-corrected chi connectivity index (χ4v) is 1.93. The molecule has 1 saturated heterocycles. The van der Waals surface area contributed by atoms with Crippen LogP contribution in [0.25, 0.3) is 0 Å². The Labute approximate surface area is 90.5 Å². The molecular weight excluding hydrogens is 190 g/mol. The van der Waals surface area contributed by atoms with Crippen LogP contribution in [0.1, 0.15) is 32.0 Å². The van der Waals surface area contributed by atoms with Gasteiger partial charge in [0.15, 0.2) is 0 Å². The molecule has 0 aromatic carbocycles. The van der Waals surface area contributed by atoms with Gasteiger partial charge in [-0.1, -0.05) is 0 Å². The van der Waals surface area contributed by atoms with Crippen LogP contribution in [0, 0.1) is 0 Å². The van der Waals surface area contributed by atoms with Crippen LogP contribution in [0.4, 0.5) is 0 Å². The molecule has 2 rings (SSSR count). The van der Waals surface area contributed by atoms with Crippen molar-refractivity contribution in [2.75, 3.05) is 13.1 Å². The summed E-state index contributed by atoms with van der Waals surface area (Å²) in [6.07, 6.45) is 2.77. The molecule has 0 unspecified atom stereocenters. The summed E-state index contributed by atoms with van der Waals surface area (Å²) in [5, 5.41) is 13.9. The van der Waals surface area contributed by atoms with Crippen LogP contribution in [0.3, 0.4) is 0 Å². The fourth-order valence-electron chi connectivity index (χ4n) is 1.93. The van der Waals surface area contributed by atoms with Gasteiger partial charge in [0.25, 0.3) is 0 Å². The van der Waals surface area contributed by atoms with Crippen molar-refractivity contribution in [3.05, 3.63) is 18.0 Å². The SMILES string of the molecule is CC(C)n1ccc(CN2CC[C@@H](O)C2)n1. The summed E-state index contributed by atoms with van der Waals surface area (Å²) >= 11 is 0. The van der Waals surface area contributed by atoms with E-state index in [9.17, 15) is 5.11 Å². The van der Waals surface area contributed by atoms with Crippen LogP contribution in [0.5, 0.6) is 0 Å². The number of aliphatic hydroxyl groups is 1.